The molecule has 0 aliphatic carbocycles. The van der Waals surface area contributed by atoms with Gasteiger partial charge in [0.05, 0.1) is 0 Å². The quantitative estimate of drug-likeness (QED) is 0.876. The summed E-state index contributed by atoms with van der Waals surface area (Å²) in [7, 11) is -3.76. The molecule has 20 heavy (non-hydrogen) atoms. The van der Waals surface area contributed by atoms with Gasteiger partial charge in [0.2, 0.25) is 10.0 Å². The van der Waals surface area contributed by atoms with Crippen LogP contribution in [-0.2, 0) is 10.0 Å². The van der Waals surface area contributed by atoms with Gasteiger partial charge in [-0.2, -0.15) is 4.31 Å². The van der Waals surface area contributed by atoms with Crippen molar-refractivity contribution in [2.75, 3.05) is 13.1 Å². The summed E-state index contributed by atoms with van der Waals surface area (Å²) in [5.41, 5.74) is 0. The number of hydrogen-bond acceptors (Lipinski definition) is 3. The maximum Gasteiger partial charge on any atom is 0.246 e. The predicted octanol–water partition coefficient (Wildman–Crippen LogP) is 2.10. The summed E-state index contributed by atoms with van der Waals surface area (Å²) >= 11 is 3.14. The Hall–Kier alpha value is -0.500. The first-order valence-electron chi connectivity index (χ1n) is 6.68. The predicted molar refractivity (Wildman–Crippen MR) is 77.4 cm³/mol. The highest BCUT2D eigenvalue weighted by Crippen LogP contribution is 2.27. The standard InChI is InChI=1S/C13H16BrFN2O2S/c14-9-1-4-13(12(15)7-9)20(18,19)17-6-5-10-2-3-11(8-17)16-10/h1,4,7,10-11,16H,2-3,5-6,8H2. The summed E-state index contributed by atoms with van der Waals surface area (Å²) in [6.07, 6.45) is 2.87. The second-order valence-corrected chi connectivity index (χ2v) is 8.19. The average Bonchev–Trinajstić information content (AvgIpc) is 2.67. The van der Waals surface area contributed by atoms with Crippen LogP contribution < -0.4 is 5.32 Å². The molecule has 0 radical (unpaired) electrons. The monoisotopic (exact) mass is 362 g/mol. The van der Waals surface area contributed by atoms with Crippen LogP contribution in [0.2, 0.25) is 0 Å². The summed E-state index contributed by atoms with van der Waals surface area (Å²) in [4.78, 5) is -0.238. The maximum atomic E-state index is 13.9. The Morgan fingerprint density at radius 3 is 2.75 bits per heavy atom. The highest BCUT2D eigenvalue weighted by molar-refractivity contribution is 9.10. The van der Waals surface area contributed by atoms with Crippen LogP contribution in [-0.4, -0.2) is 37.9 Å². The first-order chi connectivity index (χ1) is 9.46. The van der Waals surface area contributed by atoms with E-state index in [2.05, 4.69) is 21.2 Å². The molecule has 2 heterocycles. The van der Waals surface area contributed by atoms with Crippen LogP contribution in [0.5, 0.6) is 0 Å². The highest BCUT2D eigenvalue weighted by Gasteiger charge is 2.35. The van der Waals surface area contributed by atoms with Crippen molar-refractivity contribution in [1.82, 2.24) is 9.62 Å². The number of halogens is 2. The molecule has 1 aromatic rings. The lowest BCUT2D eigenvalue weighted by Gasteiger charge is -2.23. The third-order valence-electron chi connectivity index (χ3n) is 4.00. The van der Waals surface area contributed by atoms with Gasteiger partial charge in [-0.1, -0.05) is 15.9 Å². The van der Waals surface area contributed by atoms with Crippen molar-refractivity contribution in [1.29, 1.82) is 0 Å². The molecule has 3 rings (SSSR count). The van der Waals surface area contributed by atoms with E-state index in [0.717, 1.165) is 19.3 Å². The van der Waals surface area contributed by atoms with Gasteiger partial charge in [0.1, 0.15) is 10.7 Å². The Morgan fingerprint density at radius 2 is 2.00 bits per heavy atom. The van der Waals surface area contributed by atoms with E-state index in [1.807, 2.05) is 0 Å². The minimum Gasteiger partial charge on any atom is -0.310 e. The average molecular weight is 363 g/mol. The molecule has 2 saturated heterocycles. The Balaban J connectivity index is 1.91. The first kappa shape index (κ1) is 14.4. The third kappa shape index (κ3) is 2.64. The molecular formula is C13H16BrFN2O2S. The first-order valence-corrected chi connectivity index (χ1v) is 8.91. The van der Waals surface area contributed by atoms with E-state index in [-0.39, 0.29) is 10.9 Å². The number of benzene rings is 1. The van der Waals surface area contributed by atoms with Crippen LogP contribution in [0.15, 0.2) is 27.6 Å². The lowest BCUT2D eigenvalue weighted by molar-refractivity contribution is 0.381. The fourth-order valence-electron chi connectivity index (χ4n) is 2.95. The number of fused-ring (bicyclic) bond motifs is 2. The van der Waals surface area contributed by atoms with E-state index in [9.17, 15) is 12.8 Å². The topological polar surface area (TPSA) is 49.4 Å². The van der Waals surface area contributed by atoms with Crippen LogP contribution in [0.3, 0.4) is 0 Å². The zero-order valence-electron chi connectivity index (χ0n) is 10.9. The molecule has 2 bridgehead atoms. The fraction of sp³-hybridized carbons (Fsp3) is 0.538. The van der Waals surface area contributed by atoms with Crippen LogP contribution in [0.25, 0.3) is 0 Å². The number of sulfonamides is 1. The van der Waals surface area contributed by atoms with Crippen molar-refractivity contribution in [3.05, 3.63) is 28.5 Å². The molecule has 0 amide bonds. The van der Waals surface area contributed by atoms with Gasteiger partial charge in [-0.05, 0) is 37.5 Å². The normalized spacial score (nSPS) is 27.5. The smallest absolute Gasteiger partial charge is 0.246 e. The zero-order valence-corrected chi connectivity index (χ0v) is 13.3. The number of rotatable bonds is 2. The van der Waals surface area contributed by atoms with Gasteiger partial charge in [0.15, 0.2) is 0 Å². The minimum absolute atomic E-state index is 0.191. The van der Waals surface area contributed by atoms with E-state index in [4.69, 9.17) is 0 Å². The molecule has 1 aromatic carbocycles. The molecule has 2 fully saturated rings. The fourth-order valence-corrected chi connectivity index (χ4v) is 4.83. The van der Waals surface area contributed by atoms with E-state index in [1.54, 1.807) is 6.07 Å². The molecular weight excluding hydrogens is 347 g/mol. The van der Waals surface area contributed by atoms with Crippen molar-refractivity contribution in [2.24, 2.45) is 0 Å². The van der Waals surface area contributed by atoms with Crippen LogP contribution in [0.4, 0.5) is 4.39 Å². The molecule has 1 N–H and O–H groups in total. The molecule has 110 valence electrons. The third-order valence-corrected chi connectivity index (χ3v) is 6.39. The molecule has 2 aliphatic rings. The summed E-state index contributed by atoms with van der Waals surface area (Å²) in [5, 5.41) is 3.42. The van der Waals surface area contributed by atoms with Gasteiger partial charge in [-0.25, -0.2) is 12.8 Å². The largest absolute Gasteiger partial charge is 0.310 e. The maximum absolute atomic E-state index is 13.9. The highest BCUT2D eigenvalue weighted by atomic mass is 79.9. The summed E-state index contributed by atoms with van der Waals surface area (Å²) < 4.78 is 41.1. The molecule has 4 nitrogen and oxygen atoms in total. The van der Waals surface area contributed by atoms with Gasteiger partial charge < -0.3 is 5.32 Å². The lowest BCUT2D eigenvalue weighted by Crippen LogP contribution is -2.39. The van der Waals surface area contributed by atoms with E-state index >= 15 is 0 Å². The molecule has 0 spiro atoms. The van der Waals surface area contributed by atoms with Crippen molar-refractivity contribution in [3.63, 3.8) is 0 Å². The molecule has 2 aliphatic heterocycles. The summed E-state index contributed by atoms with van der Waals surface area (Å²) in [5.74, 6) is -0.707. The van der Waals surface area contributed by atoms with Crippen molar-refractivity contribution in [2.45, 2.75) is 36.2 Å². The molecule has 2 unspecified atom stereocenters. The van der Waals surface area contributed by atoms with Crippen LogP contribution in [0, 0.1) is 5.82 Å². The zero-order chi connectivity index (χ0) is 14.3. The molecule has 7 heteroatoms. The second kappa shape index (κ2) is 5.36. The van der Waals surface area contributed by atoms with E-state index in [0.29, 0.717) is 23.6 Å². The Kier molecular flexibility index (Phi) is 3.87. The van der Waals surface area contributed by atoms with Gasteiger partial charge in [0, 0.05) is 29.6 Å². The van der Waals surface area contributed by atoms with E-state index in [1.165, 1.54) is 16.4 Å². The van der Waals surface area contributed by atoms with E-state index < -0.39 is 15.8 Å². The Bertz CT molecular complexity index is 623. The van der Waals surface area contributed by atoms with Gasteiger partial charge in [-0.15, -0.1) is 0 Å². The van der Waals surface area contributed by atoms with Crippen LogP contribution in [0.1, 0.15) is 19.3 Å². The van der Waals surface area contributed by atoms with Gasteiger partial charge >= 0.3 is 0 Å². The summed E-state index contributed by atoms with van der Waals surface area (Å²) in [6.45, 7) is 0.875. The number of nitrogens with one attached hydrogen (secondary N) is 1. The second-order valence-electron chi connectivity index (χ2n) is 5.36. The van der Waals surface area contributed by atoms with Crippen molar-refractivity contribution in [3.8, 4) is 0 Å². The number of hydrogen-bond donors (Lipinski definition) is 1. The van der Waals surface area contributed by atoms with Crippen LogP contribution >= 0.6 is 15.9 Å². The SMILES string of the molecule is O=S(=O)(c1ccc(Br)cc1F)N1CCC2CCC(C1)N2. The molecule has 0 aromatic heterocycles. The van der Waals surface area contributed by atoms with Gasteiger partial charge in [0.25, 0.3) is 0 Å². The van der Waals surface area contributed by atoms with Gasteiger partial charge in [-0.3, -0.25) is 0 Å². The lowest BCUT2D eigenvalue weighted by atomic mass is 10.1. The molecule has 2 atom stereocenters. The van der Waals surface area contributed by atoms with Crippen molar-refractivity contribution >= 4 is 26.0 Å². The Labute approximate surface area is 126 Å². The summed E-state index contributed by atoms with van der Waals surface area (Å²) in [6, 6.07) is 4.66. The Morgan fingerprint density at radius 1 is 1.25 bits per heavy atom. The molecule has 0 saturated carbocycles. The number of nitrogens with zero attached hydrogens (tertiary/aromatic N) is 1. The minimum atomic E-state index is -3.76. The van der Waals surface area contributed by atoms with Crippen molar-refractivity contribution < 1.29 is 12.8 Å².